The van der Waals surface area contributed by atoms with Gasteiger partial charge in [-0.3, -0.25) is 4.79 Å². The summed E-state index contributed by atoms with van der Waals surface area (Å²) in [5.41, 5.74) is 3.85. The summed E-state index contributed by atoms with van der Waals surface area (Å²) in [4.78, 5) is 17.6. The van der Waals surface area contributed by atoms with Crippen LogP contribution < -0.4 is 9.64 Å². The number of halogens is 1. The first-order chi connectivity index (χ1) is 15.6. The molecule has 5 rings (SSSR count). The van der Waals surface area contributed by atoms with Gasteiger partial charge in [0.05, 0.1) is 24.6 Å². The number of amides is 1. The summed E-state index contributed by atoms with van der Waals surface area (Å²) in [5, 5.41) is 0. The summed E-state index contributed by atoms with van der Waals surface area (Å²) < 4.78 is 26.7. The number of benzene rings is 2. The number of rotatable bonds is 5. The minimum absolute atomic E-state index is 0.0486. The second-order valence-corrected chi connectivity index (χ2v) is 7.87. The van der Waals surface area contributed by atoms with E-state index in [2.05, 4.69) is 4.90 Å². The molecule has 0 aliphatic carbocycles. The molecular formula is C25H24FN3O3. The standard InChI is InChI=1S/C25H24FN3O3/c1-31-23-8-3-2-7-20(23)27-10-12-28(13-11-27)25(30)22-16-24-21(9-14-32-24)29(22)17-18-5-4-6-19(26)15-18/h2-9,14-16H,10-13,17H2,1H3. The van der Waals surface area contributed by atoms with Crippen LogP contribution in [-0.2, 0) is 6.54 Å². The molecule has 0 atom stereocenters. The van der Waals surface area contributed by atoms with E-state index in [1.807, 2.05) is 45.9 Å². The fourth-order valence-electron chi connectivity index (χ4n) is 4.35. The Bertz CT molecular complexity index is 1250. The van der Waals surface area contributed by atoms with E-state index in [4.69, 9.17) is 9.15 Å². The molecule has 2 aromatic carbocycles. The lowest BCUT2D eigenvalue weighted by Crippen LogP contribution is -2.49. The molecule has 0 radical (unpaired) electrons. The number of piperazine rings is 1. The van der Waals surface area contributed by atoms with Gasteiger partial charge in [-0.05, 0) is 29.8 Å². The summed E-state index contributed by atoms with van der Waals surface area (Å²) in [6.07, 6.45) is 1.60. The van der Waals surface area contributed by atoms with Crippen molar-refractivity contribution in [1.29, 1.82) is 0 Å². The van der Waals surface area contributed by atoms with E-state index >= 15 is 0 Å². The molecule has 1 aliphatic heterocycles. The van der Waals surface area contributed by atoms with E-state index in [-0.39, 0.29) is 11.7 Å². The third-order valence-electron chi connectivity index (χ3n) is 5.96. The number of hydrogen-bond donors (Lipinski definition) is 0. The summed E-state index contributed by atoms with van der Waals surface area (Å²) in [5.74, 6) is 0.488. The number of hydrogen-bond acceptors (Lipinski definition) is 4. The van der Waals surface area contributed by atoms with Crippen molar-refractivity contribution in [1.82, 2.24) is 9.47 Å². The monoisotopic (exact) mass is 433 g/mol. The van der Waals surface area contributed by atoms with Crippen LogP contribution in [0.5, 0.6) is 5.75 Å². The Kier molecular flexibility index (Phi) is 5.31. The Morgan fingerprint density at radius 1 is 1.03 bits per heavy atom. The van der Waals surface area contributed by atoms with Gasteiger partial charge in [0.2, 0.25) is 0 Å². The van der Waals surface area contributed by atoms with Crippen LogP contribution in [0.25, 0.3) is 11.1 Å². The lowest BCUT2D eigenvalue weighted by Gasteiger charge is -2.36. The molecule has 0 unspecified atom stereocenters. The van der Waals surface area contributed by atoms with E-state index in [1.54, 1.807) is 25.5 Å². The lowest BCUT2D eigenvalue weighted by molar-refractivity contribution is 0.0736. The molecule has 164 valence electrons. The number of carbonyl (C=O) groups excluding carboxylic acids is 1. The fraction of sp³-hybridized carbons (Fsp3) is 0.240. The average molecular weight is 433 g/mol. The van der Waals surface area contributed by atoms with Crippen molar-refractivity contribution in [3.8, 4) is 5.75 Å². The maximum atomic E-state index is 13.7. The Morgan fingerprint density at radius 3 is 2.62 bits per heavy atom. The maximum absolute atomic E-state index is 13.7. The number of anilines is 1. The van der Waals surface area contributed by atoms with Gasteiger partial charge >= 0.3 is 0 Å². The van der Waals surface area contributed by atoms with Crippen molar-refractivity contribution in [2.75, 3.05) is 38.2 Å². The minimum Gasteiger partial charge on any atom is -0.495 e. The zero-order chi connectivity index (χ0) is 22.1. The summed E-state index contributed by atoms with van der Waals surface area (Å²) in [6.45, 7) is 3.02. The van der Waals surface area contributed by atoms with Crippen LogP contribution in [0.2, 0.25) is 0 Å². The Balaban J connectivity index is 1.37. The molecule has 3 heterocycles. The average Bonchev–Trinajstić information content (AvgIpc) is 3.41. The molecule has 0 bridgehead atoms. The van der Waals surface area contributed by atoms with Crippen molar-refractivity contribution in [2.24, 2.45) is 0 Å². The highest BCUT2D eigenvalue weighted by Gasteiger charge is 2.27. The first-order valence-corrected chi connectivity index (χ1v) is 10.6. The fourth-order valence-corrected chi connectivity index (χ4v) is 4.35. The van der Waals surface area contributed by atoms with Crippen LogP contribution in [0.15, 0.2) is 71.3 Å². The van der Waals surface area contributed by atoms with Crippen LogP contribution in [0.3, 0.4) is 0 Å². The van der Waals surface area contributed by atoms with Crippen molar-refractivity contribution in [3.63, 3.8) is 0 Å². The smallest absolute Gasteiger partial charge is 0.270 e. The summed E-state index contributed by atoms with van der Waals surface area (Å²) in [7, 11) is 1.67. The lowest BCUT2D eigenvalue weighted by atomic mass is 10.2. The maximum Gasteiger partial charge on any atom is 0.270 e. The molecular weight excluding hydrogens is 409 g/mol. The van der Waals surface area contributed by atoms with E-state index in [0.717, 1.165) is 22.5 Å². The normalized spacial score (nSPS) is 14.2. The number of aromatic nitrogens is 1. The largest absolute Gasteiger partial charge is 0.495 e. The van der Waals surface area contributed by atoms with Gasteiger partial charge in [0.15, 0.2) is 5.58 Å². The van der Waals surface area contributed by atoms with Crippen molar-refractivity contribution < 1.29 is 18.3 Å². The van der Waals surface area contributed by atoms with Gasteiger partial charge in [-0.2, -0.15) is 0 Å². The molecule has 0 saturated carbocycles. The number of furan rings is 1. The predicted octanol–water partition coefficient (Wildman–Crippen LogP) is 4.39. The van der Waals surface area contributed by atoms with E-state index < -0.39 is 0 Å². The van der Waals surface area contributed by atoms with Crippen molar-refractivity contribution in [3.05, 3.63) is 84.0 Å². The number of carbonyl (C=O) groups is 1. The molecule has 0 spiro atoms. The molecule has 1 saturated heterocycles. The Labute approximate surface area is 185 Å². The van der Waals surface area contributed by atoms with Gasteiger partial charge in [-0.25, -0.2) is 4.39 Å². The first kappa shape index (κ1) is 20.2. The number of fused-ring (bicyclic) bond motifs is 1. The third kappa shape index (κ3) is 3.70. The zero-order valence-electron chi connectivity index (χ0n) is 17.8. The highest BCUT2D eigenvalue weighted by atomic mass is 19.1. The van der Waals surface area contributed by atoms with Gasteiger partial charge in [-0.15, -0.1) is 0 Å². The molecule has 0 N–H and O–H groups in total. The zero-order valence-corrected chi connectivity index (χ0v) is 17.8. The number of para-hydroxylation sites is 2. The Morgan fingerprint density at radius 2 is 1.84 bits per heavy atom. The van der Waals surface area contributed by atoms with E-state index in [1.165, 1.54) is 12.1 Å². The second-order valence-electron chi connectivity index (χ2n) is 7.87. The van der Waals surface area contributed by atoms with Gasteiger partial charge in [0, 0.05) is 44.9 Å². The molecule has 1 amide bonds. The summed E-state index contributed by atoms with van der Waals surface area (Å²) in [6, 6.07) is 18.0. The Hall–Kier alpha value is -3.74. The van der Waals surface area contributed by atoms with Gasteiger partial charge in [0.25, 0.3) is 5.91 Å². The van der Waals surface area contributed by atoms with Crippen molar-refractivity contribution >= 4 is 22.7 Å². The molecule has 1 fully saturated rings. The molecule has 4 aromatic rings. The SMILES string of the molecule is COc1ccccc1N1CCN(C(=O)c2cc3occc3n2Cc2cccc(F)c2)CC1. The van der Waals surface area contributed by atoms with Crippen LogP contribution in [-0.4, -0.2) is 48.7 Å². The third-order valence-corrected chi connectivity index (χ3v) is 5.96. The van der Waals surface area contributed by atoms with E-state index in [9.17, 15) is 9.18 Å². The van der Waals surface area contributed by atoms with Gasteiger partial charge in [0.1, 0.15) is 17.3 Å². The van der Waals surface area contributed by atoms with Crippen LogP contribution in [0.4, 0.5) is 10.1 Å². The molecule has 1 aliphatic rings. The number of ether oxygens (including phenoxy) is 1. The number of methoxy groups -OCH3 is 1. The highest BCUT2D eigenvalue weighted by molar-refractivity contribution is 5.97. The second kappa shape index (κ2) is 8.42. The highest BCUT2D eigenvalue weighted by Crippen LogP contribution is 2.29. The van der Waals surface area contributed by atoms with Crippen LogP contribution in [0, 0.1) is 5.82 Å². The first-order valence-electron chi connectivity index (χ1n) is 10.6. The van der Waals surface area contributed by atoms with Crippen LogP contribution in [0.1, 0.15) is 16.1 Å². The summed E-state index contributed by atoms with van der Waals surface area (Å²) >= 11 is 0. The predicted molar refractivity (Wildman–Crippen MR) is 121 cm³/mol. The van der Waals surface area contributed by atoms with Gasteiger partial charge < -0.3 is 23.5 Å². The molecule has 2 aromatic heterocycles. The van der Waals surface area contributed by atoms with Gasteiger partial charge in [-0.1, -0.05) is 24.3 Å². The van der Waals surface area contributed by atoms with Crippen molar-refractivity contribution in [2.45, 2.75) is 6.54 Å². The molecule has 7 heteroatoms. The quantitative estimate of drug-likeness (QED) is 0.468. The van der Waals surface area contributed by atoms with E-state index in [0.29, 0.717) is 44.0 Å². The topological polar surface area (TPSA) is 50.9 Å². The van der Waals surface area contributed by atoms with Crippen LogP contribution >= 0.6 is 0 Å². The minimum atomic E-state index is -0.293. The molecule has 6 nitrogen and oxygen atoms in total. The molecule has 32 heavy (non-hydrogen) atoms. The number of nitrogens with zero attached hydrogens (tertiary/aromatic N) is 3.